The van der Waals surface area contributed by atoms with Gasteiger partial charge in [0.05, 0.1) is 18.7 Å². The Kier molecular flexibility index (Phi) is 4.41. The summed E-state index contributed by atoms with van der Waals surface area (Å²) in [6, 6.07) is 2.14. The number of hydrogen-bond acceptors (Lipinski definition) is 4. The molecule has 2 saturated carbocycles. The van der Waals surface area contributed by atoms with Crippen LogP contribution in [0.5, 0.6) is 0 Å². The van der Waals surface area contributed by atoms with Crippen LogP contribution in [0.15, 0.2) is 0 Å². The molecular formula is C18H29N3O2. The first kappa shape index (κ1) is 16.7. The van der Waals surface area contributed by atoms with Gasteiger partial charge < -0.3 is 15.3 Å². The zero-order valence-electron chi connectivity index (χ0n) is 14.5. The molecule has 2 N–H and O–H groups in total. The minimum atomic E-state index is -0.278. The summed E-state index contributed by atoms with van der Waals surface area (Å²) in [5, 5.41) is 22.5. The Hall–Kier alpha value is -1.12. The average Bonchev–Trinajstić information content (AvgIpc) is 3.06. The number of aliphatic hydroxyl groups is 1. The van der Waals surface area contributed by atoms with Gasteiger partial charge in [-0.25, -0.2) is 0 Å². The molecule has 1 aliphatic heterocycles. The van der Waals surface area contributed by atoms with Crippen LogP contribution >= 0.6 is 0 Å². The molecule has 1 heterocycles. The second-order valence-electron chi connectivity index (χ2n) is 8.37. The van der Waals surface area contributed by atoms with E-state index in [1.54, 1.807) is 4.90 Å². The molecule has 0 bridgehead atoms. The number of aliphatic hydroxyl groups excluding tert-OH is 1. The largest absolute Gasteiger partial charge is 0.393 e. The van der Waals surface area contributed by atoms with Crippen molar-refractivity contribution in [1.29, 1.82) is 5.26 Å². The monoisotopic (exact) mass is 319 g/mol. The normalized spacial score (nSPS) is 46.0. The van der Waals surface area contributed by atoms with Crippen LogP contribution in [0.4, 0.5) is 0 Å². The molecule has 0 aromatic carbocycles. The van der Waals surface area contributed by atoms with Gasteiger partial charge in [0.15, 0.2) is 0 Å². The van der Waals surface area contributed by atoms with Crippen molar-refractivity contribution in [1.82, 2.24) is 10.2 Å². The van der Waals surface area contributed by atoms with Crippen LogP contribution in [0, 0.1) is 29.1 Å². The van der Waals surface area contributed by atoms with E-state index in [1.807, 2.05) is 6.92 Å². The molecule has 1 saturated heterocycles. The zero-order chi connectivity index (χ0) is 16.8. The van der Waals surface area contributed by atoms with E-state index >= 15 is 0 Å². The maximum Gasteiger partial charge on any atom is 0.237 e. The van der Waals surface area contributed by atoms with Gasteiger partial charge in [-0.3, -0.25) is 4.79 Å². The summed E-state index contributed by atoms with van der Waals surface area (Å²) >= 11 is 0. The Bertz CT molecular complexity index is 501. The zero-order valence-corrected chi connectivity index (χ0v) is 14.5. The Balaban J connectivity index is 1.56. The summed E-state index contributed by atoms with van der Waals surface area (Å²) in [5.41, 5.74) is -0.0121. The number of likely N-dealkylation sites (tertiary alicyclic amines) is 1. The predicted octanol–water partition coefficient (Wildman–Crippen LogP) is 1.66. The van der Waals surface area contributed by atoms with Crippen molar-refractivity contribution >= 4 is 5.91 Å². The van der Waals surface area contributed by atoms with Crippen molar-refractivity contribution in [3.63, 3.8) is 0 Å². The molecule has 3 rings (SSSR count). The molecular weight excluding hydrogens is 290 g/mol. The molecule has 2 aliphatic carbocycles. The highest BCUT2D eigenvalue weighted by Crippen LogP contribution is 2.48. The standard InChI is InChI=1S/C18H29N3O2/c1-11-4-15(9-19)21(12(11)2)17(23)10-20-18(3)7-13-5-16(22)6-14(13)8-18/h11-16,20,22H,4-8,10H2,1-3H3/t11?,12?,13-,14+,15-,16?,18?/m0/s1. The smallest absolute Gasteiger partial charge is 0.237 e. The van der Waals surface area contributed by atoms with Gasteiger partial charge in [-0.2, -0.15) is 5.26 Å². The molecule has 128 valence electrons. The molecule has 0 aromatic rings. The third-order valence-corrected chi connectivity index (χ3v) is 6.54. The molecule has 4 unspecified atom stereocenters. The number of amides is 1. The van der Waals surface area contributed by atoms with Crippen LogP contribution in [0.3, 0.4) is 0 Å². The fraction of sp³-hybridized carbons (Fsp3) is 0.889. The van der Waals surface area contributed by atoms with Crippen LogP contribution in [-0.4, -0.2) is 46.2 Å². The lowest BCUT2D eigenvalue weighted by Crippen LogP contribution is -2.50. The lowest BCUT2D eigenvalue weighted by atomic mass is 9.95. The summed E-state index contributed by atoms with van der Waals surface area (Å²) in [4.78, 5) is 14.4. The number of nitrogens with one attached hydrogen (secondary N) is 1. The van der Waals surface area contributed by atoms with Crippen molar-refractivity contribution in [3.8, 4) is 6.07 Å². The van der Waals surface area contributed by atoms with E-state index in [1.165, 1.54) is 0 Å². The summed E-state index contributed by atoms with van der Waals surface area (Å²) in [6.45, 7) is 6.67. The quantitative estimate of drug-likeness (QED) is 0.829. The first-order valence-electron chi connectivity index (χ1n) is 8.97. The third kappa shape index (κ3) is 3.12. The Morgan fingerprint density at radius 3 is 2.48 bits per heavy atom. The van der Waals surface area contributed by atoms with Gasteiger partial charge >= 0.3 is 0 Å². The number of nitrogens with zero attached hydrogens (tertiary/aromatic N) is 2. The molecule has 0 radical (unpaired) electrons. The predicted molar refractivity (Wildman–Crippen MR) is 87.4 cm³/mol. The molecule has 7 atom stereocenters. The Labute approximate surface area is 139 Å². The molecule has 0 aromatic heterocycles. The van der Waals surface area contributed by atoms with E-state index in [9.17, 15) is 15.2 Å². The number of rotatable bonds is 3. The lowest BCUT2D eigenvalue weighted by molar-refractivity contribution is -0.132. The van der Waals surface area contributed by atoms with Crippen LogP contribution in [0.25, 0.3) is 0 Å². The van der Waals surface area contributed by atoms with Crippen LogP contribution < -0.4 is 5.32 Å². The van der Waals surface area contributed by atoms with Gasteiger partial charge in [-0.1, -0.05) is 6.92 Å². The SMILES string of the molecule is CC1C[C@@H](C#N)N(C(=O)CNC2(C)C[C@H]3CC(O)C[C@H]3C2)C1C. The molecule has 5 heteroatoms. The van der Waals surface area contributed by atoms with Crippen molar-refractivity contribution in [3.05, 3.63) is 0 Å². The molecule has 3 fully saturated rings. The van der Waals surface area contributed by atoms with Gasteiger partial charge in [-0.05, 0) is 63.7 Å². The van der Waals surface area contributed by atoms with Gasteiger partial charge in [-0.15, -0.1) is 0 Å². The van der Waals surface area contributed by atoms with Crippen molar-refractivity contribution < 1.29 is 9.90 Å². The van der Waals surface area contributed by atoms with Crippen LogP contribution in [0.2, 0.25) is 0 Å². The average molecular weight is 319 g/mol. The molecule has 23 heavy (non-hydrogen) atoms. The highest BCUT2D eigenvalue weighted by Gasteiger charge is 2.47. The van der Waals surface area contributed by atoms with E-state index in [2.05, 4.69) is 25.2 Å². The number of nitriles is 1. The van der Waals surface area contributed by atoms with Gasteiger partial charge in [0.1, 0.15) is 6.04 Å². The van der Waals surface area contributed by atoms with E-state index in [4.69, 9.17) is 0 Å². The fourth-order valence-corrected chi connectivity index (χ4v) is 5.18. The van der Waals surface area contributed by atoms with Crippen LogP contribution in [0.1, 0.15) is 52.9 Å². The number of fused-ring (bicyclic) bond motifs is 1. The summed E-state index contributed by atoms with van der Waals surface area (Å²) in [5.74, 6) is 1.61. The first-order valence-corrected chi connectivity index (χ1v) is 8.97. The number of carbonyl (C=O) groups excluding carboxylic acids is 1. The Morgan fingerprint density at radius 1 is 1.30 bits per heavy atom. The van der Waals surface area contributed by atoms with Crippen molar-refractivity contribution in [2.24, 2.45) is 17.8 Å². The summed E-state index contributed by atoms with van der Waals surface area (Å²) in [7, 11) is 0. The minimum Gasteiger partial charge on any atom is -0.393 e. The van der Waals surface area contributed by atoms with E-state index in [-0.39, 0.29) is 29.6 Å². The second kappa shape index (κ2) is 6.07. The minimum absolute atomic E-state index is 0.0121. The molecule has 5 nitrogen and oxygen atoms in total. The molecule has 1 amide bonds. The highest BCUT2D eigenvalue weighted by molar-refractivity contribution is 5.79. The van der Waals surface area contributed by atoms with E-state index < -0.39 is 0 Å². The highest BCUT2D eigenvalue weighted by atomic mass is 16.3. The summed E-state index contributed by atoms with van der Waals surface area (Å²) in [6.07, 6.45) is 4.55. The van der Waals surface area contributed by atoms with Crippen molar-refractivity contribution in [2.45, 2.75) is 76.6 Å². The maximum absolute atomic E-state index is 12.6. The van der Waals surface area contributed by atoms with Crippen LogP contribution in [-0.2, 0) is 4.79 Å². The summed E-state index contributed by atoms with van der Waals surface area (Å²) < 4.78 is 0. The molecule has 0 spiro atoms. The molecule has 3 aliphatic rings. The first-order chi connectivity index (χ1) is 10.8. The maximum atomic E-state index is 12.6. The fourth-order valence-electron chi connectivity index (χ4n) is 5.18. The number of hydrogen-bond donors (Lipinski definition) is 2. The number of carbonyl (C=O) groups is 1. The van der Waals surface area contributed by atoms with E-state index in [0.717, 1.165) is 32.1 Å². The van der Waals surface area contributed by atoms with E-state index in [0.29, 0.717) is 24.3 Å². The van der Waals surface area contributed by atoms with Gasteiger partial charge in [0, 0.05) is 11.6 Å². The van der Waals surface area contributed by atoms with Crippen molar-refractivity contribution in [2.75, 3.05) is 6.54 Å². The van der Waals surface area contributed by atoms with Gasteiger partial charge in [0.25, 0.3) is 0 Å². The third-order valence-electron chi connectivity index (χ3n) is 6.54. The van der Waals surface area contributed by atoms with Gasteiger partial charge in [0.2, 0.25) is 5.91 Å². The topological polar surface area (TPSA) is 76.4 Å². The second-order valence-corrected chi connectivity index (χ2v) is 8.37. The Morgan fingerprint density at radius 2 is 1.91 bits per heavy atom. The lowest BCUT2D eigenvalue weighted by Gasteiger charge is -2.31.